The molecule has 0 N–H and O–H groups in total. The van der Waals surface area contributed by atoms with Crippen LogP contribution in [0.25, 0.3) is 0 Å². The van der Waals surface area contributed by atoms with Crippen LogP contribution >= 0.6 is 23.2 Å². The molecule has 0 saturated carbocycles. The van der Waals surface area contributed by atoms with E-state index in [-0.39, 0.29) is 11.6 Å². The van der Waals surface area contributed by atoms with Gasteiger partial charge in [-0.1, -0.05) is 20.8 Å². The quantitative estimate of drug-likeness (QED) is 0.207. The summed E-state index contributed by atoms with van der Waals surface area (Å²) < 4.78 is 5.61. The van der Waals surface area contributed by atoms with Crippen molar-refractivity contribution in [1.82, 2.24) is 0 Å². The molecule has 0 saturated heterocycles. The maximum absolute atomic E-state index is 13.0. The van der Waals surface area contributed by atoms with Crippen molar-refractivity contribution in [3.63, 3.8) is 0 Å². The lowest BCUT2D eigenvalue weighted by atomic mass is 9.67. The van der Waals surface area contributed by atoms with E-state index in [1.807, 2.05) is 12.1 Å². The van der Waals surface area contributed by atoms with Crippen LogP contribution in [0.5, 0.6) is 5.75 Å². The van der Waals surface area contributed by atoms with Crippen molar-refractivity contribution >= 4 is 46.4 Å². The maximum Gasteiger partial charge on any atom is 0.314 e. The van der Waals surface area contributed by atoms with Crippen LogP contribution in [0.3, 0.4) is 0 Å². The summed E-state index contributed by atoms with van der Waals surface area (Å²) in [6.07, 6.45) is 0. The zero-order chi connectivity index (χ0) is 24.2. The van der Waals surface area contributed by atoms with E-state index in [9.17, 15) is 14.4 Å². The zero-order valence-corrected chi connectivity index (χ0v) is 21.1. The second-order valence-corrected chi connectivity index (χ2v) is 9.39. The molecule has 2 rings (SSSR count). The molecule has 0 spiro atoms. The Labute approximate surface area is 200 Å². The molecule has 1 aromatic rings. The van der Waals surface area contributed by atoms with Crippen LogP contribution in [0, 0.1) is 11.3 Å². The van der Waals surface area contributed by atoms with Crippen molar-refractivity contribution in [2.24, 2.45) is 11.3 Å². The molecule has 0 aliphatic heterocycles. The molecule has 32 heavy (non-hydrogen) atoms. The summed E-state index contributed by atoms with van der Waals surface area (Å²) in [5.41, 5.74) is 1.71. The average Bonchev–Trinajstić information content (AvgIpc) is 2.76. The van der Waals surface area contributed by atoms with Crippen LogP contribution in [0.15, 0.2) is 46.6 Å². The zero-order valence-electron chi connectivity index (χ0n) is 19.6. The molecule has 0 amide bonds. The number of benzene rings is 1. The smallest absolute Gasteiger partial charge is 0.314 e. The third-order valence-electron chi connectivity index (χ3n) is 6.40. The Balaban J connectivity index is 2.21. The van der Waals surface area contributed by atoms with Crippen LogP contribution in [0.1, 0.15) is 41.5 Å². The molecule has 1 unspecified atom stereocenters. The Morgan fingerprint density at radius 3 is 1.94 bits per heavy atom. The number of anilines is 1. The first-order valence-corrected chi connectivity index (χ1v) is 11.7. The molecule has 0 fully saturated rings. The standard InChI is InChI=1S/C25H31Cl2NO4/c1-15-16(2)23(30)21(17(3)22(15)29)25(5,6)18(4)24(31)32-20-9-7-19(8-10-20)28(13-11-26)14-12-27/h7-10,18H,11-14H2,1-6H3. The molecule has 0 radical (unpaired) electrons. The first-order chi connectivity index (χ1) is 15.0. The Kier molecular flexibility index (Phi) is 8.72. The van der Waals surface area contributed by atoms with Gasteiger partial charge in [0, 0.05) is 58.2 Å². The van der Waals surface area contributed by atoms with Gasteiger partial charge in [-0.2, -0.15) is 0 Å². The highest BCUT2D eigenvalue weighted by atomic mass is 35.5. The molecular formula is C25H31Cl2NO4. The van der Waals surface area contributed by atoms with E-state index in [1.165, 1.54) is 0 Å². The normalized spacial score (nSPS) is 15.9. The second kappa shape index (κ2) is 10.7. The first-order valence-electron chi connectivity index (χ1n) is 10.6. The summed E-state index contributed by atoms with van der Waals surface area (Å²) in [5, 5.41) is 0. The number of ether oxygens (including phenoxy) is 1. The number of esters is 1. The van der Waals surface area contributed by atoms with Crippen molar-refractivity contribution in [3.05, 3.63) is 46.6 Å². The molecular weight excluding hydrogens is 449 g/mol. The number of ketones is 2. The molecule has 0 heterocycles. The fourth-order valence-electron chi connectivity index (χ4n) is 3.88. The number of rotatable bonds is 9. The van der Waals surface area contributed by atoms with E-state index >= 15 is 0 Å². The number of nitrogens with zero attached hydrogens (tertiary/aromatic N) is 1. The Hall–Kier alpha value is -2.11. The van der Waals surface area contributed by atoms with Crippen LogP contribution in [-0.2, 0) is 14.4 Å². The summed E-state index contributed by atoms with van der Waals surface area (Å²) >= 11 is 11.7. The molecule has 1 aromatic carbocycles. The number of alkyl halides is 2. The Morgan fingerprint density at radius 1 is 0.938 bits per heavy atom. The van der Waals surface area contributed by atoms with Crippen LogP contribution in [0.4, 0.5) is 5.69 Å². The molecule has 0 aromatic heterocycles. The number of carbonyl (C=O) groups excluding carboxylic acids is 3. The minimum absolute atomic E-state index is 0.153. The molecule has 5 nitrogen and oxygen atoms in total. The highest BCUT2D eigenvalue weighted by Gasteiger charge is 2.43. The summed E-state index contributed by atoms with van der Waals surface area (Å²) in [6.45, 7) is 11.6. The van der Waals surface area contributed by atoms with Crippen LogP contribution < -0.4 is 9.64 Å². The van der Waals surface area contributed by atoms with E-state index in [0.29, 0.717) is 52.9 Å². The first kappa shape index (κ1) is 26.1. The van der Waals surface area contributed by atoms with Gasteiger partial charge in [-0.3, -0.25) is 14.4 Å². The number of halogens is 2. The topological polar surface area (TPSA) is 63.7 Å². The van der Waals surface area contributed by atoms with Gasteiger partial charge in [-0.25, -0.2) is 0 Å². The van der Waals surface area contributed by atoms with Gasteiger partial charge in [0.25, 0.3) is 0 Å². The van der Waals surface area contributed by atoms with Gasteiger partial charge in [0.05, 0.1) is 5.92 Å². The summed E-state index contributed by atoms with van der Waals surface area (Å²) in [7, 11) is 0. The summed E-state index contributed by atoms with van der Waals surface area (Å²) in [4.78, 5) is 40.6. The van der Waals surface area contributed by atoms with E-state index < -0.39 is 17.3 Å². The Morgan fingerprint density at radius 2 is 1.44 bits per heavy atom. The lowest BCUT2D eigenvalue weighted by Crippen LogP contribution is -2.38. The fourth-order valence-corrected chi connectivity index (χ4v) is 4.29. The molecule has 1 aliphatic carbocycles. The van der Waals surface area contributed by atoms with Gasteiger partial charge < -0.3 is 9.64 Å². The SMILES string of the molecule is CC1=C(C)C(=O)C(C(C)(C)C(C)C(=O)Oc2ccc(N(CCCl)CCCl)cc2)=C(C)C1=O. The molecule has 1 atom stereocenters. The third-order valence-corrected chi connectivity index (χ3v) is 6.73. The highest BCUT2D eigenvalue weighted by Crippen LogP contribution is 2.42. The Bertz CT molecular complexity index is 955. The molecule has 0 bridgehead atoms. The van der Waals surface area contributed by atoms with Crippen molar-refractivity contribution in [2.45, 2.75) is 41.5 Å². The third kappa shape index (κ3) is 5.26. The lowest BCUT2D eigenvalue weighted by molar-refractivity contribution is -0.141. The number of Topliss-reactive ketones (excluding diaryl/α,β-unsaturated/α-hetero) is 2. The van der Waals surface area contributed by atoms with Crippen LogP contribution in [-0.4, -0.2) is 42.4 Å². The van der Waals surface area contributed by atoms with Crippen molar-refractivity contribution < 1.29 is 19.1 Å². The largest absolute Gasteiger partial charge is 0.426 e. The minimum atomic E-state index is -0.882. The van der Waals surface area contributed by atoms with E-state index in [2.05, 4.69) is 4.90 Å². The number of carbonyl (C=O) groups is 3. The van der Waals surface area contributed by atoms with Gasteiger partial charge >= 0.3 is 5.97 Å². The van der Waals surface area contributed by atoms with Crippen molar-refractivity contribution in [1.29, 1.82) is 0 Å². The minimum Gasteiger partial charge on any atom is -0.426 e. The van der Waals surface area contributed by atoms with E-state index in [1.54, 1.807) is 53.7 Å². The van der Waals surface area contributed by atoms with Crippen molar-refractivity contribution in [2.75, 3.05) is 29.7 Å². The van der Waals surface area contributed by atoms with Gasteiger partial charge in [0.15, 0.2) is 11.6 Å². The van der Waals surface area contributed by atoms with E-state index in [4.69, 9.17) is 27.9 Å². The predicted octanol–water partition coefficient (Wildman–Crippen LogP) is 5.34. The summed E-state index contributed by atoms with van der Waals surface area (Å²) in [6, 6.07) is 7.14. The molecule has 1 aliphatic rings. The van der Waals surface area contributed by atoms with E-state index in [0.717, 1.165) is 5.69 Å². The van der Waals surface area contributed by atoms with Gasteiger partial charge in [0.1, 0.15) is 5.75 Å². The van der Waals surface area contributed by atoms with Crippen molar-refractivity contribution in [3.8, 4) is 5.75 Å². The number of hydrogen-bond donors (Lipinski definition) is 0. The molecule has 174 valence electrons. The monoisotopic (exact) mass is 479 g/mol. The lowest BCUT2D eigenvalue weighted by Gasteiger charge is -2.35. The average molecular weight is 480 g/mol. The van der Waals surface area contributed by atoms with Crippen LogP contribution in [0.2, 0.25) is 0 Å². The summed E-state index contributed by atoms with van der Waals surface area (Å²) in [5.74, 6) is -0.103. The number of hydrogen-bond acceptors (Lipinski definition) is 5. The fraction of sp³-hybridized carbons (Fsp3) is 0.480. The number of allylic oxidation sites excluding steroid dienone is 4. The van der Waals surface area contributed by atoms with Gasteiger partial charge in [-0.15, -0.1) is 23.2 Å². The van der Waals surface area contributed by atoms with Gasteiger partial charge in [-0.05, 0) is 45.0 Å². The predicted molar refractivity (Wildman–Crippen MR) is 130 cm³/mol. The highest BCUT2D eigenvalue weighted by molar-refractivity contribution is 6.25. The molecule has 7 heteroatoms. The van der Waals surface area contributed by atoms with Gasteiger partial charge in [0.2, 0.25) is 0 Å². The maximum atomic E-state index is 13.0. The second-order valence-electron chi connectivity index (χ2n) is 8.63.